The molecule has 0 saturated carbocycles. The van der Waals surface area contributed by atoms with Crippen LogP contribution in [0.15, 0.2) is 30.3 Å². The van der Waals surface area contributed by atoms with Crippen LogP contribution in [0.2, 0.25) is 0 Å². The highest BCUT2D eigenvalue weighted by molar-refractivity contribution is 5.86. The van der Waals surface area contributed by atoms with Crippen molar-refractivity contribution in [2.24, 2.45) is 5.73 Å². The van der Waals surface area contributed by atoms with Gasteiger partial charge in [-0.05, 0) is 45.7 Å². The average Bonchev–Trinajstić information content (AvgIpc) is 2.70. The molecule has 9 heteroatoms. The Morgan fingerprint density at radius 1 is 1.03 bits per heavy atom. The molecule has 0 spiro atoms. The summed E-state index contributed by atoms with van der Waals surface area (Å²) in [7, 11) is 0. The molecule has 1 atom stereocenters. The minimum Gasteiger partial charge on any atom is -0.444 e. The van der Waals surface area contributed by atoms with E-state index in [1.54, 1.807) is 20.8 Å². The van der Waals surface area contributed by atoms with E-state index in [9.17, 15) is 14.4 Å². The van der Waals surface area contributed by atoms with Crippen molar-refractivity contribution in [1.29, 1.82) is 0 Å². The second kappa shape index (κ2) is 14.4. The van der Waals surface area contributed by atoms with Gasteiger partial charge in [-0.2, -0.15) is 0 Å². The fourth-order valence-electron chi connectivity index (χ4n) is 2.55. The molecular weight excluding hydrogens is 400 g/mol. The smallest absolute Gasteiger partial charge is 0.408 e. The number of hydrogen-bond donors (Lipinski definition) is 4. The Hall–Kier alpha value is -2.65. The largest absolute Gasteiger partial charge is 0.444 e. The Morgan fingerprint density at radius 3 is 2.39 bits per heavy atom. The molecule has 0 aromatic heterocycles. The van der Waals surface area contributed by atoms with Crippen molar-refractivity contribution in [3.05, 3.63) is 35.9 Å². The molecule has 0 unspecified atom stereocenters. The van der Waals surface area contributed by atoms with Crippen molar-refractivity contribution in [3.8, 4) is 0 Å². The third-order valence-corrected chi connectivity index (χ3v) is 4.06. The lowest BCUT2D eigenvalue weighted by molar-refractivity contribution is -0.125. The summed E-state index contributed by atoms with van der Waals surface area (Å²) in [5.41, 5.74) is 5.67. The van der Waals surface area contributed by atoms with Crippen LogP contribution >= 0.6 is 0 Å². The van der Waals surface area contributed by atoms with Gasteiger partial charge < -0.3 is 31.2 Å². The van der Waals surface area contributed by atoms with E-state index in [-0.39, 0.29) is 19.2 Å². The second-order valence-corrected chi connectivity index (χ2v) is 8.12. The maximum absolute atomic E-state index is 12.5. The molecule has 0 radical (unpaired) electrons. The van der Waals surface area contributed by atoms with Crippen LogP contribution in [0.3, 0.4) is 0 Å². The summed E-state index contributed by atoms with van der Waals surface area (Å²) in [5, 5.41) is 7.75. The van der Waals surface area contributed by atoms with Crippen molar-refractivity contribution in [3.63, 3.8) is 0 Å². The molecule has 3 amide bonds. The first kappa shape index (κ1) is 26.4. The maximum atomic E-state index is 12.5. The highest BCUT2D eigenvalue weighted by Gasteiger charge is 2.24. The number of unbranched alkanes of at least 4 members (excludes halogenated alkanes) is 2. The Morgan fingerprint density at radius 2 is 1.74 bits per heavy atom. The standard InChI is InChI=1S/C22H36N4O5/c1-22(2,3)31-21(29)26-18(15-30-14-17-10-6-4-7-11-17)20(28)25-16-24-19(27)12-8-5-9-13-23/h4,6-7,10-11,18H,5,8-9,12-16,23H2,1-3H3,(H,24,27)(H,25,28)(H,26,29)/t18-/m1/s1. The van der Waals surface area contributed by atoms with E-state index in [0.717, 1.165) is 24.8 Å². The molecule has 1 aromatic rings. The number of nitrogens with two attached hydrogens (primary N) is 1. The summed E-state index contributed by atoms with van der Waals surface area (Å²) in [6.07, 6.45) is 2.16. The maximum Gasteiger partial charge on any atom is 0.408 e. The molecule has 31 heavy (non-hydrogen) atoms. The first-order valence-corrected chi connectivity index (χ1v) is 10.6. The van der Waals surface area contributed by atoms with E-state index in [1.807, 2.05) is 30.3 Å². The first-order valence-electron chi connectivity index (χ1n) is 10.6. The van der Waals surface area contributed by atoms with Gasteiger partial charge in [-0.3, -0.25) is 9.59 Å². The molecule has 0 fully saturated rings. The van der Waals surface area contributed by atoms with E-state index in [2.05, 4.69) is 16.0 Å². The van der Waals surface area contributed by atoms with Gasteiger partial charge in [0.15, 0.2) is 0 Å². The van der Waals surface area contributed by atoms with Crippen molar-refractivity contribution in [1.82, 2.24) is 16.0 Å². The molecule has 0 aliphatic heterocycles. The van der Waals surface area contributed by atoms with Gasteiger partial charge >= 0.3 is 6.09 Å². The lowest BCUT2D eigenvalue weighted by Crippen LogP contribution is -2.52. The third kappa shape index (κ3) is 13.3. The van der Waals surface area contributed by atoms with Crippen LogP contribution < -0.4 is 21.7 Å². The number of carbonyl (C=O) groups is 3. The highest BCUT2D eigenvalue weighted by Crippen LogP contribution is 2.07. The topological polar surface area (TPSA) is 132 Å². The Bertz CT molecular complexity index is 676. The molecule has 0 bridgehead atoms. The molecule has 174 valence electrons. The van der Waals surface area contributed by atoms with Crippen LogP contribution in [-0.2, 0) is 25.7 Å². The number of rotatable bonds is 13. The van der Waals surface area contributed by atoms with E-state index in [1.165, 1.54) is 0 Å². The minimum atomic E-state index is -0.972. The monoisotopic (exact) mass is 436 g/mol. The van der Waals surface area contributed by atoms with E-state index < -0.39 is 23.6 Å². The Labute approximate surface area is 184 Å². The third-order valence-electron chi connectivity index (χ3n) is 4.06. The summed E-state index contributed by atoms with van der Waals surface area (Å²) in [6, 6.07) is 8.51. The van der Waals surface area contributed by atoms with Gasteiger partial charge in [0.1, 0.15) is 11.6 Å². The van der Waals surface area contributed by atoms with Gasteiger partial charge in [0.25, 0.3) is 0 Å². The van der Waals surface area contributed by atoms with Gasteiger partial charge in [-0.1, -0.05) is 36.8 Å². The zero-order valence-electron chi connectivity index (χ0n) is 18.7. The number of hydrogen-bond acceptors (Lipinski definition) is 6. The summed E-state index contributed by atoms with van der Waals surface area (Å²) in [5.74, 6) is -0.642. The summed E-state index contributed by atoms with van der Waals surface area (Å²) in [4.78, 5) is 36.5. The van der Waals surface area contributed by atoms with E-state index >= 15 is 0 Å². The van der Waals surface area contributed by atoms with Crippen molar-refractivity contribution < 1.29 is 23.9 Å². The second-order valence-electron chi connectivity index (χ2n) is 8.12. The first-order chi connectivity index (χ1) is 14.7. The van der Waals surface area contributed by atoms with Crippen LogP contribution in [0.4, 0.5) is 4.79 Å². The Kier molecular flexibility index (Phi) is 12.2. The van der Waals surface area contributed by atoms with Gasteiger partial charge in [-0.25, -0.2) is 4.79 Å². The molecule has 9 nitrogen and oxygen atoms in total. The molecule has 0 aliphatic rings. The van der Waals surface area contributed by atoms with Gasteiger partial charge in [0.2, 0.25) is 11.8 Å². The summed E-state index contributed by atoms with van der Waals surface area (Å²) in [6.45, 7) is 6.01. The lowest BCUT2D eigenvalue weighted by Gasteiger charge is -2.23. The fraction of sp³-hybridized carbons (Fsp3) is 0.591. The lowest BCUT2D eigenvalue weighted by atomic mass is 10.2. The van der Waals surface area contributed by atoms with Gasteiger partial charge in [0, 0.05) is 6.42 Å². The normalized spacial score (nSPS) is 12.0. The summed E-state index contributed by atoms with van der Waals surface area (Å²) >= 11 is 0. The summed E-state index contributed by atoms with van der Waals surface area (Å²) < 4.78 is 10.8. The van der Waals surface area contributed by atoms with Crippen LogP contribution in [0.1, 0.15) is 52.0 Å². The molecule has 0 saturated heterocycles. The molecule has 5 N–H and O–H groups in total. The van der Waals surface area contributed by atoms with Crippen molar-refractivity contribution in [2.75, 3.05) is 19.8 Å². The highest BCUT2D eigenvalue weighted by atomic mass is 16.6. The molecule has 1 rings (SSSR count). The van der Waals surface area contributed by atoms with Crippen LogP contribution in [0, 0.1) is 0 Å². The van der Waals surface area contributed by atoms with Gasteiger partial charge in [-0.15, -0.1) is 0 Å². The number of carbonyl (C=O) groups excluding carboxylic acids is 3. The van der Waals surface area contributed by atoms with E-state index in [4.69, 9.17) is 15.2 Å². The molecule has 0 aliphatic carbocycles. The zero-order chi connectivity index (χ0) is 23.1. The predicted octanol–water partition coefficient (Wildman–Crippen LogP) is 1.81. The van der Waals surface area contributed by atoms with Crippen LogP contribution in [0.5, 0.6) is 0 Å². The number of amides is 3. The zero-order valence-corrected chi connectivity index (χ0v) is 18.7. The minimum absolute atomic E-state index is 0.0419. The Balaban J connectivity index is 2.51. The predicted molar refractivity (Wildman–Crippen MR) is 118 cm³/mol. The van der Waals surface area contributed by atoms with Crippen LogP contribution in [0.25, 0.3) is 0 Å². The fourth-order valence-corrected chi connectivity index (χ4v) is 2.55. The van der Waals surface area contributed by atoms with Crippen molar-refractivity contribution in [2.45, 2.75) is 64.7 Å². The molecule has 0 heterocycles. The SMILES string of the molecule is CC(C)(C)OC(=O)N[C@H](COCc1ccccc1)C(=O)NCNC(=O)CCCCCN. The number of benzene rings is 1. The average molecular weight is 437 g/mol. The van der Waals surface area contributed by atoms with Crippen molar-refractivity contribution >= 4 is 17.9 Å². The van der Waals surface area contributed by atoms with Crippen LogP contribution in [-0.4, -0.2) is 49.4 Å². The number of ether oxygens (including phenoxy) is 2. The number of alkyl carbamates (subject to hydrolysis) is 1. The quantitative estimate of drug-likeness (QED) is 0.275. The van der Waals surface area contributed by atoms with E-state index in [0.29, 0.717) is 19.6 Å². The molecular formula is C22H36N4O5. The van der Waals surface area contributed by atoms with Gasteiger partial charge in [0.05, 0.1) is 19.9 Å². The molecule has 1 aromatic carbocycles. The number of nitrogens with one attached hydrogen (secondary N) is 3.